The van der Waals surface area contributed by atoms with E-state index in [1.165, 1.54) is 76.4 Å². The fourth-order valence-electron chi connectivity index (χ4n) is 2.36. The van der Waals surface area contributed by atoms with Gasteiger partial charge in [0.25, 0.3) is 0 Å². The van der Waals surface area contributed by atoms with Crippen molar-refractivity contribution >= 4 is 11.8 Å². The molecule has 1 rings (SSSR count). The zero-order valence-electron chi connectivity index (χ0n) is 10.5. The molecule has 0 aliphatic heterocycles. The molecule has 15 heavy (non-hydrogen) atoms. The van der Waals surface area contributed by atoms with Crippen molar-refractivity contribution in [2.45, 2.75) is 82.8 Å². The molecule has 1 aliphatic rings. The first-order valence-corrected chi connectivity index (χ1v) is 8.10. The molecule has 0 aromatic rings. The quantitative estimate of drug-likeness (QED) is 0.548. The lowest BCUT2D eigenvalue weighted by atomic mass is 10.0. The van der Waals surface area contributed by atoms with Gasteiger partial charge in [0, 0.05) is 5.25 Å². The lowest BCUT2D eigenvalue weighted by Crippen LogP contribution is -2.06. The van der Waals surface area contributed by atoms with E-state index in [1.54, 1.807) is 0 Å². The molecule has 0 bridgehead atoms. The molecule has 0 saturated heterocycles. The van der Waals surface area contributed by atoms with Crippen LogP contribution in [-0.4, -0.2) is 11.0 Å². The van der Waals surface area contributed by atoms with Crippen molar-refractivity contribution in [2.75, 3.05) is 5.75 Å². The zero-order chi connectivity index (χ0) is 10.8. The monoisotopic (exact) mass is 228 g/mol. The van der Waals surface area contributed by atoms with Crippen LogP contribution in [0.15, 0.2) is 0 Å². The number of unbranched alkanes of at least 4 members (excludes halogenated alkanes) is 3. The molecule has 1 heteroatoms. The Bertz CT molecular complexity index is 125. The molecule has 0 nitrogen and oxygen atoms in total. The first kappa shape index (κ1) is 13.4. The van der Waals surface area contributed by atoms with Crippen LogP contribution in [0, 0.1) is 0 Å². The number of thioether (sulfide) groups is 1. The normalized spacial score (nSPS) is 19.8. The van der Waals surface area contributed by atoms with Gasteiger partial charge in [0.2, 0.25) is 0 Å². The molecule has 0 spiro atoms. The third-order valence-corrected chi connectivity index (χ3v) is 4.87. The summed E-state index contributed by atoms with van der Waals surface area (Å²) >= 11 is 2.27. The summed E-state index contributed by atoms with van der Waals surface area (Å²) in [6, 6.07) is 0. The first-order chi connectivity index (χ1) is 7.43. The van der Waals surface area contributed by atoms with E-state index in [0.717, 1.165) is 5.25 Å². The van der Waals surface area contributed by atoms with E-state index in [4.69, 9.17) is 0 Å². The van der Waals surface area contributed by atoms with Crippen LogP contribution >= 0.6 is 11.8 Å². The first-order valence-electron chi connectivity index (χ1n) is 7.05. The summed E-state index contributed by atoms with van der Waals surface area (Å²) in [6.07, 6.45) is 16.2. The highest BCUT2D eigenvalue weighted by Gasteiger charge is 2.10. The van der Waals surface area contributed by atoms with Gasteiger partial charge in [0.15, 0.2) is 0 Å². The van der Waals surface area contributed by atoms with Gasteiger partial charge < -0.3 is 0 Å². The smallest absolute Gasteiger partial charge is 0.00470 e. The molecule has 1 saturated carbocycles. The van der Waals surface area contributed by atoms with E-state index in [9.17, 15) is 0 Å². The molecule has 0 aromatic heterocycles. The van der Waals surface area contributed by atoms with Crippen LogP contribution in [0.5, 0.6) is 0 Å². The Morgan fingerprint density at radius 3 is 2.20 bits per heavy atom. The molecule has 1 aliphatic carbocycles. The molecule has 1 fully saturated rings. The summed E-state index contributed by atoms with van der Waals surface area (Å²) in [7, 11) is 0. The summed E-state index contributed by atoms with van der Waals surface area (Å²) in [6.45, 7) is 2.29. The third-order valence-electron chi connectivity index (χ3n) is 3.40. The van der Waals surface area contributed by atoms with Crippen molar-refractivity contribution in [1.29, 1.82) is 0 Å². The molecule has 0 unspecified atom stereocenters. The van der Waals surface area contributed by atoms with Gasteiger partial charge in [0.1, 0.15) is 0 Å². The van der Waals surface area contributed by atoms with Gasteiger partial charge in [0.05, 0.1) is 0 Å². The van der Waals surface area contributed by atoms with E-state index in [2.05, 4.69) is 18.7 Å². The minimum Gasteiger partial charge on any atom is -0.159 e. The number of hydrogen-bond acceptors (Lipinski definition) is 1. The lowest BCUT2D eigenvalue weighted by molar-refractivity contribution is 0.512. The predicted molar refractivity (Wildman–Crippen MR) is 72.7 cm³/mol. The van der Waals surface area contributed by atoms with Crippen LogP contribution in [0.2, 0.25) is 0 Å². The Balaban J connectivity index is 1.97. The van der Waals surface area contributed by atoms with Crippen LogP contribution in [-0.2, 0) is 0 Å². The SMILES string of the molecule is CCCCCCSC1CCCCCCC1. The largest absolute Gasteiger partial charge is 0.159 e. The maximum Gasteiger partial charge on any atom is 0.00470 e. The average molecular weight is 228 g/mol. The molecular weight excluding hydrogens is 200 g/mol. The van der Waals surface area contributed by atoms with Crippen LogP contribution in [0.25, 0.3) is 0 Å². The van der Waals surface area contributed by atoms with E-state index < -0.39 is 0 Å². The average Bonchev–Trinajstić information content (AvgIpc) is 2.20. The molecule has 0 heterocycles. The summed E-state index contributed by atoms with van der Waals surface area (Å²) in [4.78, 5) is 0. The van der Waals surface area contributed by atoms with Crippen LogP contribution < -0.4 is 0 Å². The fraction of sp³-hybridized carbons (Fsp3) is 1.00. The molecular formula is C14H28S. The van der Waals surface area contributed by atoms with Crippen molar-refractivity contribution in [1.82, 2.24) is 0 Å². The predicted octanol–water partition coefficient (Wildman–Crippen LogP) is 5.41. The van der Waals surface area contributed by atoms with Crippen LogP contribution in [0.1, 0.15) is 77.6 Å². The Morgan fingerprint density at radius 1 is 0.867 bits per heavy atom. The molecule has 0 N–H and O–H groups in total. The van der Waals surface area contributed by atoms with E-state index in [1.807, 2.05) is 0 Å². The topological polar surface area (TPSA) is 0 Å². The highest BCUT2D eigenvalue weighted by atomic mass is 32.2. The second-order valence-electron chi connectivity index (χ2n) is 4.90. The molecule has 90 valence electrons. The highest BCUT2D eigenvalue weighted by molar-refractivity contribution is 7.99. The highest BCUT2D eigenvalue weighted by Crippen LogP contribution is 2.27. The van der Waals surface area contributed by atoms with Crippen LogP contribution in [0.3, 0.4) is 0 Å². The van der Waals surface area contributed by atoms with E-state index in [-0.39, 0.29) is 0 Å². The lowest BCUT2D eigenvalue weighted by Gasteiger charge is -2.19. The fourth-order valence-corrected chi connectivity index (χ4v) is 3.73. The number of hydrogen-bond donors (Lipinski definition) is 0. The number of rotatable bonds is 6. The Labute approximate surface area is 101 Å². The third kappa shape index (κ3) is 7.27. The Morgan fingerprint density at radius 2 is 1.53 bits per heavy atom. The Kier molecular flexibility index (Phi) is 8.56. The van der Waals surface area contributed by atoms with Crippen molar-refractivity contribution in [3.63, 3.8) is 0 Å². The van der Waals surface area contributed by atoms with E-state index in [0.29, 0.717) is 0 Å². The van der Waals surface area contributed by atoms with Crippen molar-refractivity contribution in [2.24, 2.45) is 0 Å². The molecule has 0 aromatic carbocycles. The Hall–Kier alpha value is 0.350. The summed E-state index contributed by atoms with van der Waals surface area (Å²) in [5.74, 6) is 1.42. The van der Waals surface area contributed by atoms with Crippen molar-refractivity contribution < 1.29 is 0 Å². The second kappa shape index (κ2) is 9.57. The van der Waals surface area contributed by atoms with Gasteiger partial charge in [-0.3, -0.25) is 0 Å². The van der Waals surface area contributed by atoms with Gasteiger partial charge in [-0.1, -0.05) is 58.3 Å². The zero-order valence-corrected chi connectivity index (χ0v) is 11.3. The van der Waals surface area contributed by atoms with Crippen LogP contribution in [0.4, 0.5) is 0 Å². The van der Waals surface area contributed by atoms with Gasteiger partial charge in [-0.2, -0.15) is 11.8 Å². The van der Waals surface area contributed by atoms with Crippen molar-refractivity contribution in [3.8, 4) is 0 Å². The maximum atomic E-state index is 2.29. The summed E-state index contributed by atoms with van der Waals surface area (Å²) < 4.78 is 0. The van der Waals surface area contributed by atoms with E-state index >= 15 is 0 Å². The van der Waals surface area contributed by atoms with Gasteiger partial charge >= 0.3 is 0 Å². The molecule has 0 atom stereocenters. The van der Waals surface area contributed by atoms with Gasteiger partial charge in [-0.25, -0.2) is 0 Å². The minimum atomic E-state index is 1.01. The maximum absolute atomic E-state index is 2.29. The minimum absolute atomic E-state index is 1.01. The second-order valence-corrected chi connectivity index (χ2v) is 6.31. The van der Waals surface area contributed by atoms with Gasteiger partial charge in [-0.15, -0.1) is 0 Å². The standard InChI is InChI=1S/C14H28S/c1-2-3-4-10-13-15-14-11-8-6-5-7-9-12-14/h14H,2-13H2,1H3. The summed E-state index contributed by atoms with van der Waals surface area (Å²) in [5.41, 5.74) is 0. The van der Waals surface area contributed by atoms with Crippen molar-refractivity contribution in [3.05, 3.63) is 0 Å². The summed E-state index contributed by atoms with van der Waals surface area (Å²) in [5, 5.41) is 1.01. The van der Waals surface area contributed by atoms with Gasteiger partial charge in [-0.05, 0) is 25.0 Å². The molecule has 0 amide bonds. The molecule has 0 radical (unpaired) electrons.